The highest BCUT2D eigenvalue weighted by molar-refractivity contribution is 7.88. The van der Waals surface area contributed by atoms with E-state index in [4.69, 9.17) is 21.1 Å². The predicted molar refractivity (Wildman–Crippen MR) is 126 cm³/mol. The Hall–Kier alpha value is -3.29. The molecule has 0 bridgehead atoms. The number of carbonyl (C=O) groups excluding carboxylic acids is 1. The maximum absolute atomic E-state index is 12.7. The summed E-state index contributed by atoms with van der Waals surface area (Å²) in [5, 5.41) is 0.872. The third-order valence-electron chi connectivity index (χ3n) is 4.95. The minimum atomic E-state index is -5.86. The Morgan fingerprint density at radius 1 is 1.17 bits per heavy atom. The normalized spacial score (nSPS) is 12.9. The Morgan fingerprint density at radius 2 is 1.89 bits per heavy atom. The Balaban J connectivity index is 1.74. The number of carbonyl (C=O) groups is 1. The van der Waals surface area contributed by atoms with Gasteiger partial charge < -0.3 is 13.7 Å². The molecule has 2 aromatic heterocycles. The van der Waals surface area contributed by atoms with E-state index in [1.165, 1.54) is 30.1 Å². The number of esters is 1. The number of benzene rings is 2. The molecule has 0 spiro atoms. The second-order valence-corrected chi connectivity index (χ2v) is 10.3. The summed E-state index contributed by atoms with van der Waals surface area (Å²) in [4.78, 5) is 16.7. The molecule has 4 aromatic rings. The molecule has 0 aliphatic carbocycles. The number of hydrogen-bond donors (Lipinski definition) is 0. The molecule has 1 atom stereocenters. The third kappa shape index (κ3) is 4.99. The third-order valence-corrected chi connectivity index (χ3v) is 7.37. The van der Waals surface area contributed by atoms with Crippen LogP contribution in [0.5, 0.6) is 11.5 Å². The summed E-state index contributed by atoms with van der Waals surface area (Å²) in [7, 11) is -4.65. The molecule has 4 rings (SSSR count). The average Bonchev–Trinajstić information content (AvgIpc) is 3.41. The molecule has 36 heavy (non-hydrogen) atoms. The molecule has 2 heterocycles. The largest absolute Gasteiger partial charge is 0.534 e. The van der Waals surface area contributed by atoms with Crippen molar-refractivity contribution in [1.82, 2.24) is 9.55 Å². The van der Waals surface area contributed by atoms with Gasteiger partial charge in [0, 0.05) is 22.7 Å². The van der Waals surface area contributed by atoms with Crippen LogP contribution in [-0.2, 0) is 14.9 Å². The number of imidazole rings is 1. The summed E-state index contributed by atoms with van der Waals surface area (Å²) in [6, 6.07) is 12.0. The number of alkyl halides is 3. The van der Waals surface area contributed by atoms with Crippen LogP contribution in [-0.4, -0.2) is 36.6 Å². The van der Waals surface area contributed by atoms with E-state index in [2.05, 4.69) is 9.17 Å². The first-order valence-electron chi connectivity index (χ1n) is 10.0. The molecule has 0 aliphatic rings. The second-order valence-electron chi connectivity index (χ2n) is 7.30. The molecule has 0 aliphatic heterocycles. The van der Waals surface area contributed by atoms with E-state index in [0.29, 0.717) is 21.1 Å². The van der Waals surface area contributed by atoms with Crippen LogP contribution in [0.2, 0.25) is 5.02 Å². The fourth-order valence-corrected chi connectivity index (χ4v) is 4.98. The lowest BCUT2D eigenvalue weighted by atomic mass is 10.1. The van der Waals surface area contributed by atoms with Crippen molar-refractivity contribution in [2.75, 3.05) is 7.11 Å². The van der Waals surface area contributed by atoms with Crippen molar-refractivity contribution in [3.63, 3.8) is 0 Å². The van der Waals surface area contributed by atoms with Gasteiger partial charge in [-0.1, -0.05) is 29.8 Å². The zero-order valence-corrected chi connectivity index (χ0v) is 20.8. The molecule has 2 aromatic carbocycles. The number of nitrogens with zero attached hydrogens (tertiary/aromatic N) is 2. The molecule has 0 amide bonds. The number of methoxy groups -OCH3 is 1. The highest BCUT2D eigenvalue weighted by atomic mass is 35.5. The van der Waals surface area contributed by atoms with Crippen LogP contribution in [0.3, 0.4) is 0 Å². The smallest absolute Gasteiger partial charge is 0.484 e. The molecule has 0 N–H and O–H groups in total. The Kier molecular flexibility index (Phi) is 6.90. The van der Waals surface area contributed by atoms with E-state index in [1.54, 1.807) is 31.2 Å². The number of ether oxygens (including phenoxy) is 2. The number of fused-ring (bicyclic) bond motifs is 1. The molecule has 14 heteroatoms. The van der Waals surface area contributed by atoms with Crippen LogP contribution in [0.1, 0.15) is 28.3 Å². The summed E-state index contributed by atoms with van der Waals surface area (Å²) in [5.41, 5.74) is -4.33. The number of rotatable bonds is 7. The molecule has 0 saturated heterocycles. The van der Waals surface area contributed by atoms with Crippen molar-refractivity contribution in [1.29, 1.82) is 0 Å². The van der Waals surface area contributed by atoms with Crippen LogP contribution >= 0.6 is 22.9 Å². The van der Waals surface area contributed by atoms with Gasteiger partial charge in [-0.25, -0.2) is 9.78 Å². The first kappa shape index (κ1) is 25.8. The highest BCUT2D eigenvalue weighted by Gasteiger charge is 2.48. The van der Waals surface area contributed by atoms with Crippen molar-refractivity contribution < 1.29 is 40.0 Å². The standard InChI is InChI=1S/C22H16ClF3N2O6S2/c1-12(14-5-3-4-6-15(14)23)33-18-10-19(35-20(18)21(29)32-2)28-11-27-16-8-7-13(9-17(16)28)34-36(30,31)22(24,25)26/h3-12H,1-2H3/t12-/m1/s1. The van der Waals surface area contributed by atoms with Gasteiger partial charge in [-0.3, -0.25) is 4.57 Å². The van der Waals surface area contributed by atoms with Gasteiger partial charge in [0.1, 0.15) is 28.9 Å². The van der Waals surface area contributed by atoms with Crippen molar-refractivity contribution in [3.8, 4) is 16.5 Å². The van der Waals surface area contributed by atoms with Crippen molar-refractivity contribution in [2.45, 2.75) is 18.5 Å². The number of hydrogen-bond acceptors (Lipinski definition) is 8. The first-order valence-corrected chi connectivity index (χ1v) is 12.6. The Labute approximate surface area is 211 Å². The van der Waals surface area contributed by atoms with Gasteiger partial charge in [0.2, 0.25) is 0 Å². The van der Waals surface area contributed by atoms with Crippen LogP contribution in [0.4, 0.5) is 13.2 Å². The monoisotopic (exact) mass is 560 g/mol. The molecule has 0 fully saturated rings. The summed E-state index contributed by atoms with van der Waals surface area (Å²) in [6.07, 6.45) is 0.817. The lowest BCUT2D eigenvalue weighted by molar-refractivity contribution is -0.0500. The maximum Gasteiger partial charge on any atom is 0.534 e. The van der Waals surface area contributed by atoms with E-state index >= 15 is 0 Å². The zero-order chi connectivity index (χ0) is 26.3. The van der Waals surface area contributed by atoms with Gasteiger partial charge in [0.05, 0.1) is 18.1 Å². The Bertz CT molecular complexity index is 1550. The number of aromatic nitrogens is 2. The molecule has 0 unspecified atom stereocenters. The molecular formula is C22H16ClF3N2O6S2. The number of thiophene rings is 1. The summed E-state index contributed by atoms with van der Waals surface area (Å²) in [5.74, 6) is -1.05. The molecular weight excluding hydrogens is 545 g/mol. The second kappa shape index (κ2) is 9.64. The van der Waals surface area contributed by atoms with Gasteiger partial charge >= 0.3 is 21.6 Å². The fraction of sp³-hybridized carbons (Fsp3) is 0.182. The van der Waals surface area contributed by atoms with Gasteiger partial charge in [-0.05, 0) is 25.1 Å². The van der Waals surface area contributed by atoms with E-state index in [0.717, 1.165) is 23.5 Å². The zero-order valence-electron chi connectivity index (χ0n) is 18.4. The van der Waals surface area contributed by atoms with E-state index in [9.17, 15) is 26.4 Å². The average molecular weight is 561 g/mol. The Morgan fingerprint density at radius 3 is 2.56 bits per heavy atom. The first-order chi connectivity index (χ1) is 16.9. The SMILES string of the molecule is COC(=O)c1sc(-n2cnc3ccc(OS(=O)(=O)C(F)(F)F)cc32)cc1O[C@H](C)c1ccccc1Cl. The van der Waals surface area contributed by atoms with Gasteiger partial charge in [0.25, 0.3) is 0 Å². The van der Waals surface area contributed by atoms with Crippen LogP contribution in [0.15, 0.2) is 54.9 Å². The lowest BCUT2D eigenvalue weighted by Gasteiger charge is -2.16. The van der Waals surface area contributed by atoms with Crippen molar-refractivity contribution in [3.05, 3.63) is 70.3 Å². The lowest BCUT2D eigenvalue weighted by Crippen LogP contribution is -2.28. The van der Waals surface area contributed by atoms with Crippen LogP contribution in [0.25, 0.3) is 16.0 Å². The topological polar surface area (TPSA) is 96.7 Å². The van der Waals surface area contributed by atoms with E-state index in [1.807, 2.05) is 0 Å². The maximum atomic E-state index is 12.7. The van der Waals surface area contributed by atoms with Gasteiger partial charge in [-0.2, -0.15) is 21.6 Å². The van der Waals surface area contributed by atoms with Crippen molar-refractivity contribution >= 4 is 50.1 Å². The van der Waals surface area contributed by atoms with E-state index in [-0.39, 0.29) is 16.1 Å². The summed E-state index contributed by atoms with van der Waals surface area (Å²) < 4.78 is 77.6. The minimum absolute atomic E-state index is 0.125. The highest BCUT2D eigenvalue weighted by Crippen LogP contribution is 2.38. The molecule has 190 valence electrons. The van der Waals surface area contributed by atoms with E-state index < -0.39 is 33.4 Å². The van der Waals surface area contributed by atoms with Crippen molar-refractivity contribution in [2.24, 2.45) is 0 Å². The molecule has 0 saturated carbocycles. The fourth-order valence-electron chi connectivity index (χ4n) is 3.25. The van der Waals surface area contributed by atoms with Crippen LogP contribution < -0.4 is 8.92 Å². The quantitative estimate of drug-likeness (QED) is 0.158. The van der Waals surface area contributed by atoms with Gasteiger partial charge in [0.15, 0.2) is 4.88 Å². The summed E-state index contributed by atoms with van der Waals surface area (Å²) >= 11 is 7.23. The number of halogens is 4. The van der Waals surface area contributed by atoms with Gasteiger partial charge in [-0.15, -0.1) is 11.3 Å². The molecule has 0 radical (unpaired) electrons. The minimum Gasteiger partial charge on any atom is -0.484 e. The van der Waals surface area contributed by atoms with Crippen LogP contribution in [0, 0.1) is 0 Å². The summed E-state index contributed by atoms with van der Waals surface area (Å²) in [6.45, 7) is 1.75. The molecule has 8 nitrogen and oxygen atoms in total. The predicted octanol–water partition coefficient (Wildman–Crippen LogP) is 5.90.